The van der Waals surface area contributed by atoms with Crippen LogP contribution in [0.2, 0.25) is 0 Å². The van der Waals surface area contributed by atoms with Gasteiger partial charge in [0.25, 0.3) is 0 Å². The minimum Gasteiger partial charge on any atom is -0.454 e. The molecule has 1 aliphatic heterocycles. The van der Waals surface area contributed by atoms with Crippen molar-refractivity contribution < 1.29 is 14.3 Å². The first-order valence-electron chi connectivity index (χ1n) is 9.57. The fraction of sp³-hybridized carbons (Fsp3) is 0.650. The molecule has 4 fully saturated rings. The second-order valence-corrected chi connectivity index (χ2v) is 8.67. The normalized spacial score (nSPS) is 35.5. The Kier molecular flexibility index (Phi) is 3.41. The Morgan fingerprint density at radius 2 is 1.72 bits per heavy atom. The second-order valence-electron chi connectivity index (χ2n) is 8.67. The highest BCUT2D eigenvalue weighted by Gasteiger charge is 2.53. The molecule has 5 heteroatoms. The Morgan fingerprint density at radius 1 is 1.08 bits per heavy atom. The average Bonchev–Trinajstić information content (AvgIpc) is 3.01. The van der Waals surface area contributed by atoms with Crippen LogP contribution in [0.3, 0.4) is 0 Å². The maximum Gasteiger partial charge on any atom is 0.319 e. The van der Waals surface area contributed by atoms with Crippen LogP contribution in [0.25, 0.3) is 0 Å². The van der Waals surface area contributed by atoms with Crippen molar-refractivity contribution in [2.24, 2.45) is 23.2 Å². The van der Waals surface area contributed by atoms with Crippen molar-refractivity contribution in [3.8, 4) is 11.5 Å². The third-order valence-electron chi connectivity index (χ3n) is 6.98. The molecule has 134 valence electrons. The Bertz CT molecular complexity index is 667. The van der Waals surface area contributed by atoms with Crippen LogP contribution in [0.1, 0.15) is 45.4 Å². The van der Waals surface area contributed by atoms with E-state index in [0.29, 0.717) is 11.2 Å². The monoisotopic (exact) mass is 342 g/mol. The smallest absolute Gasteiger partial charge is 0.319 e. The van der Waals surface area contributed by atoms with Crippen molar-refractivity contribution in [2.75, 3.05) is 12.1 Å². The molecule has 5 aliphatic rings. The van der Waals surface area contributed by atoms with Crippen molar-refractivity contribution in [2.45, 2.75) is 51.5 Å². The highest BCUT2D eigenvalue weighted by atomic mass is 16.7. The fourth-order valence-corrected chi connectivity index (χ4v) is 6.20. The van der Waals surface area contributed by atoms with Crippen LogP contribution in [0.4, 0.5) is 10.5 Å². The maximum atomic E-state index is 12.5. The first kappa shape index (κ1) is 15.4. The molecule has 0 aromatic heterocycles. The van der Waals surface area contributed by atoms with Gasteiger partial charge in [0.1, 0.15) is 0 Å². The van der Waals surface area contributed by atoms with E-state index in [4.69, 9.17) is 9.47 Å². The number of benzene rings is 1. The van der Waals surface area contributed by atoms with E-state index in [1.165, 1.54) is 38.5 Å². The number of rotatable bonds is 3. The van der Waals surface area contributed by atoms with E-state index in [0.717, 1.165) is 29.2 Å². The molecule has 1 aromatic rings. The van der Waals surface area contributed by atoms with E-state index < -0.39 is 0 Å². The zero-order valence-corrected chi connectivity index (χ0v) is 14.7. The molecule has 5 nitrogen and oxygen atoms in total. The fourth-order valence-electron chi connectivity index (χ4n) is 6.20. The van der Waals surface area contributed by atoms with Crippen LogP contribution >= 0.6 is 0 Å². The summed E-state index contributed by atoms with van der Waals surface area (Å²) in [5.41, 5.74) is 1.06. The number of fused-ring (bicyclic) bond motifs is 1. The van der Waals surface area contributed by atoms with Crippen LogP contribution in [-0.2, 0) is 0 Å². The summed E-state index contributed by atoms with van der Waals surface area (Å²) in [4.78, 5) is 12.5. The summed E-state index contributed by atoms with van der Waals surface area (Å²) in [6.45, 7) is 2.44. The zero-order valence-electron chi connectivity index (χ0n) is 14.7. The quantitative estimate of drug-likeness (QED) is 0.868. The van der Waals surface area contributed by atoms with Gasteiger partial charge in [-0.3, -0.25) is 0 Å². The molecule has 1 heterocycles. The summed E-state index contributed by atoms with van der Waals surface area (Å²) in [6, 6.07) is 5.59. The van der Waals surface area contributed by atoms with Crippen LogP contribution in [0, 0.1) is 23.2 Å². The molecule has 4 aliphatic carbocycles. The van der Waals surface area contributed by atoms with Crippen molar-refractivity contribution in [3.63, 3.8) is 0 Å². The molecule has 0 radical (unpaired) electrons. The van der Waals surface area contributed by atoms with Gasteiger partial charge in [0, 0.05) is 17.8 Å². The van der Waals surface area contributed by atoms with Gasteiger partial charge in [0.15, 0.2) is 11.5 Å². The number of ether oxygens (including phenoxy) is 2. The van der Waals surface area contributed by atoms with E-state index >= 15 is 0 Å². The lowest BCUT2D eigenvalue weighted by Gasteiger charge is -2.59. The van der Waals surface area contributed by atoms with Crippen molar-refractivity contribution in [1.29, 1.82) is 0 Å². The molecule has 6 rings (SSSR count). The van der Waals surface area contributed by atoms with Crippen LogP contribution in [0.5, 0.6) is 11.5 Å². The zero-order chi connectivity index (χ0) is 17.0. The molecule has 0 saturated heterocycles. The van der Waals surface area contributed by atoms with E-state index in [2.05, 4.69) is 17.6 Å². The van der Waals surface area contributed by atoms with E-state index in [-0.39, 0.29) is 18.9 Å². The summed E-state index contributed by atoms with van der Waals surface area (Å²) in [5, 5.41) is 6.18. The van der Waals surface area contributed by atoms with Crippen LogP contribution < -0.4 is 20.1 Å². The molecule has 0 spiro atoms. The Balaban J connectivity index is 1.25. The maximum absolute atomic E-state index is 12.5. The molecular formula is C20H26N2O3. The van der Waals surface area contributed by atoms with Crippen molar-refractivity contribution >= 4 is 11.7 Å². The molecular weight excluding hydrogens is 316 g/mol. The van der Waals surface area contributed by atoms with Gasteiger partial charge < -0.3 is 20.1 Å². The number of hydrogen-bond acceptors (Lipinski definition) is 3. The lowest BCUT2D eigenvalue weighted by atomic mass is 9.48. The largest absolute Gasteiger partial charge is 0.454 e. The Labute approximate surface area is 148 Å². The van der Waals surface area contributed by atoms with Gasteiger partial charge in [-0.2, -0.15) is 0 Å². The lowest BCUT2D eigenvalue weighted by Crippen LogP contribution is -2.56. The highest BCUT2D eigenvalue weighted by molar-refractivity contribution is 5.89. The predicted molar refractivity (Wildman–Crippen MR) is 94.8 cm³/mol. The van der Waals surface area contributed by atoms with E-state index in [9.17, 15) is 4.79 Å². The Morgan fingerprint density at radius 3 is 2.40 bits per heavy atom. The molecule has 1 aromatic carbocycles. The third-order valence-corrected chi connectivity index (χ3v) is 6.98. The van der Waals surface area contributed by atoms with E-state index in [1.54, 1.807) is 0 Å². The van der Waals surface area contributed by atoms with Gasteiger partial charge >= 0.3 is 6.03 Å². The molecule has 4 saturated carbocycles. The first-order valence-corrected chi connectivity index (χ1v) is 9.57. The number of nitrogens with one attached hydrogen (secondary N) is 2. The summed E-state index contributed by atoms with van der Waals surface area (Å²) in [6.07, 6.45) is 8.17. The first-order chi connectivity index (χ1) is 12.1. The van der Waals surface area contributed by atoms with E-state index in [1.807, 2.05) is 18.2 Å². The summed E-state index contributed by atoms with van der Waals surface area (Å²) < 4.78 is 10.7. The van der Waals surface area contributed by atoms with Crippen molar-refractivity contribution in [3.05, 3.63) is 18.2 Å². The number of hydrogen-bond donors (Lipinski definition) is 2. The lowest BCUT2D eigenvalue weighted by molar-refractivity contribution is -0.0679. The van der Waals surface area contributed by atoms with Crippen LogP contribution in [0.15, 0.2) is 18.2 Å². The molecule has 2 N–H and O–H groups in total. The van der Waals surface area contributed by atoms with Gasteiger partial charge in [-0.25, -0.2) is 4.79 Å². The molecule has 2 amide bonds. The molecule has 4 bridgehead atoms. The number of urea groups is 1. The summed E-state index contributed by atoms with van der Waals surface area (Å²) in [7, 11) is 0. The Hall–Kier alpha value is -1.91. The molecule has 1 unspecified atom stereocenters. The van der Waals surface area contributed by atoms with Crippen molar-refractivity contribution in [1.82, 2.24) is 5.32 Å². The average molecular weight is 342 g/mol. The number of carbonyl (C=O) groups excluding carboxylic acids is 1. The number of amides is 2. The number of anilines is 1. The second kappa shape index (κ2) is 5.55. The standard InChI is InChI=1S/C20H26N2O3/c1-12(20-8-13-4-14(9-20)6-15(5-13)10-20)21-19(23)22-16-2-3-17-18(7-16)25-11-24-17/h2-3,7,12-15H,4-6,8-11H2,1H3,(H2,21,22,23). The predicted octanol–water partition coefficient (Wildman–Crippen LogP) is 4.14. The topological polar surface area (TPSA) is 59.6 Å². The van der Waals surface area contributed by atoms with Gasteiger partial charge in [-0.05, 0) is 80.8 Å². The minimum absolute atomic E-state index is 0.123. The summed E-state index contributed by atoms with van der Waals surface area (Å²) >= 11 is 0. The SMILES string of the molecule is CC(NC(=O)Nc1ccc2c(c1)OCO2)C12CC3CC(CC(C3)C1)C2. The highest BCUT2D eigenvalue weighted by Crippen LogP contribution is 2.61. The number of carbonyl (C=O) groups is 1. The minimum atomic E-state index is -0.123. The van der Waals surface area contributed by atoms with Gasteiger partial charge in [-0.15, -0.1) is 0 Å². The van der Waals surface area contributed by atoms with Gasteiger partial charge in [-0.1, -0.05) is 0 Å². The summed E-state index contributed by atoms with van der Waals surface area (Å²) in [5.74, 6) is 4.10. The van der Waals surface area contributed by atoms with Gasteiger partial charge in [0.2, 0.25) is 6.79 Å². The molecule has 1 atom stereocenters. The van der Waals surface area contributed by atoms with Gasteiger partial charge in [0.05, 0.1) is 0 Å². The van der Waals surface area contributed by atoms with Crippen LogP contribution in [-0.4, -0.2) is 18.9 Å². The molecule has 25 heavy (non-hydrogen) atoms. The third kappa shape index (κ3) is 2.64.